The van der Waals surface area contributed by atoms with Gasteiger partial charge in [-0.05, 0) is 30.7 Å². The van der Waals surface area contributed by atoms with E-state index in [2.05, 4.69) is 4.98 Å². The number of aromatic hydroxyl groups is 2. The van der Waals surface area contributed by atoms with E-state index in [1.807, 2.05) is 12.1 Å². The fraction of sp³-hybridized carbons (Fsp3) is 0.308. The van der Waals surface area contributed by atoms with Crippen molar-refractivity contribution in [1.82, 2.24) is 9.55 Å². The molecule has 0 spiro atoms. The van der Waals surface area contributed by atoms with E-state index in [4.69, 9.17) is 0 Å². The Bertz CT molecular complexity index is 465. The van der Waals surface area contributed by atoms with E-state index >= 15 is 0 Å². The number of pyridine rings is 1. The van der Waals surface area contributed by atoms with E-state index in [0.717, 1.165) is 18.6 Å². The molecule has 2 aromatic rings. The molecule has 2 aromatic heterocycles. The summed E-state index contributed by atoms with van der Waals surface area (Å²) in [5, 5.41) is 18.9. The summed E-state index contributed by atoms with van der Waals surface area (Å²) < 4.78 is 1.51. The molecule has 0 aromatic carbocycles. The Morgan fingerprint density at radius 2 is 1.67 bits per heavy atom. The summed E-state index contributed by atoms with van der Waals surface area (Å²) in [7, 11) is 0. The SMILES string of the molecule is Oc1ccc(O)n1CCCCSc1ccncc1. The number of rotatable bonds is 6. The van der Waals surface area contributed by atoms with Gasteiger partial charge in [-0.1, -0.05) is 0 Å². The highest BCUT2D eigenvalue weighted by Gasteiger charge is 2.04. The van der Waals surface area contributed by atoms with Crippen LogP contribution in [-0.2, 0) is 6.54 Å². The summed E-state index contributed by atoms with van der Waals surface area (Å²) in [5.74, 6) is 1.26. The van der Waals surface area contributed by atoms with Crippen molar-refractivity contribution < 1.29 is 10.2 Å². The van der Waals surface area contributed by atoms with E-state index in [1.54, 1.807) is 24.2 Å². The minimum Gasteiger partial charge on any atom is -0.494 e. The average Bonchev–Trinajstić information content (AvgIpc) is 2.71. The zero-order chi connectivity index (χ0) is 12.8. The molecule has 2 heterocycles. The van der Waals surface area contributed by atoms with Crippen LogP contribution < -0.4 is 0 Å². The van der Waals surface area contributed by atoms with Crippen molar-refractivity contribution in [3.05, 3.63) is 36.7 Å². The fourth-order valence-corrected chi connectivity index (χ4v) is 2.57. The summed E-state index contributed by atoms with van der Waals surface area (Å²) in [6, 6.07) is 6.99. The number of unbranched alkanes of at least 4 members (excludes halogenated alkanes) is 1. The lowest BCUT2D eigenvalue weighted by Crippen LogP contribution is -1.97. The minimum absolute atomic E-state index is 0.120. The third kappa shape index (κ3) is 3.43. The quantitative estimate of drug-likeness (QED) is 0.622. The molecule has 0 unspecified atom stereocenters. The maximum Gasteiger partial charge on any atom is 0.193 e. The minimum atomic E-state index is 0.120. The van der Waals surface area contributed by atoms with Gasteiger partial charge < -0.3 is 10.2 Å². The first-order chi connectivity index (χ1) is 8.77. The van der Waals surface area contributed by atoms with E-state index < -0.39 is 0 Å². The maximum absolute atomic E-state index is 9.46. The van der Waals surface area contributed by atoms with Crippen LogP contribution in [0.25, 0.3) is 0 Å². The summed E-state index contributed by atoms with van der Waals surface area (Å²) in [6.45, 7) is 0.640. The molecule has 0 amide bonds. The predicted octanol–water partition coefficient (Wildman–Crippen LogP) is 2.87. The summed E-state index contributed by atoms with van der Waals surface area (Å²) in [4.78, 5) is 5.19. The zero-order valence-electron chi connectivity index (χ0n) is 9.99. The van der Waals surface area contributed by atoms with Crippen molar-refractivity contribution in [3.8, 4) is 11.8 Å². The van der Waals surface area contributed by atoms with Gasteiger partial charge in [0.05, 0.1) is 0 Å². The average molecular weight is 264 g/mol. The predicted molar refractivity (Wildman–Crippen MR) is 72.0 cm³/mol. The molecule has 0 saturated carbocycles. The molecule has 0 aliphatic rings. The molecule has 0 saturated heterocycles. The number of hydrogen-bond donors (Lipinski definition) is 2. The molecule has 0 atom stereocenters. The lowest BCUT2D eigenvalue weighted by Gasteiger charge is -2.06. The molecule has 4 nitrogen and oxygen atoms in total. The second-order valence-electron chi connectivity index (χ2n) is 3.94. The van der Waals surface area contributed by atoms with Crippen molar-refractivity contribution in [1.29, 1.82) is 0 Å². The van der Waals surface area contributed by atoms with E-state index in [9.17, 15) is 10.2 Å². The Morgan fingerprint density at radius 3 is 2.33 bits per heavy atom. The van der Waals surface area contributed by atoms with E-state index in [0.29, 0.717) is 6.54 Å². The maximum atomic E-state index is 9.46. The largest absolute Gasteiger partial charge is 0.494 e. The van der Waals surface area contributed by atoms with Crippen molar-refractivity contribution in [2.24, 2.45) is 0 Å². The van der Waals surface area contributed by atoms with Crippen LogP contribution in [0.15, 0.2) is 41.6 Å². The molecular formula is C13H16N2O2S. The molecule has 18 heavy (non-hydrogen) atoms. The summed E-state index contributed by atoms with van der Waals surface area (Å²) >= 11 is 1.79. The summed E-state index contributed by atoms with van der Waals surface area (Å²) in [5.41, 5.74) is 0. The highest BCUT2D eigenvalue weighted by molar-refractivity contribution is 7.99. The second kappa shape index (κ2) is 6.35. The monoisotopic (exact) mass is 264 g/mol. The number of aromatic nitrogens is 2. The van der Waals surface area contributed by atoms with Gasteiger partial charge in [0.25, 0.3) is 0 Å². The van der Waals surface area contributed by atoms with E-state index in [-0.39, 0.29) is 11.8 Å². The van der Waals surface area contributed by atoms with Crippen LogP contribution in [0, 0.1) is 0 Å². The lowest BCUT2D eigenvalue weighted by molar-refractivity contribution is 0.364. The fourth-order valence-electron chi connectivity index (χ4n) is 1.67. The molecule has 2 N–H and O–H groups in total. The van der Waals surface area contributed by atoms with Crippen LogP contribution in [-0.4, -0.2) is 25.5 Å². The first-order valence-corrected chi connectivity index (χ1v) is 6.86. The van der Waals surface area contributed by atoms with Gasteiger partial charge in [0.15, 0.2) is 11.8 Å². The second-order valence-corrected chi connectivity index (χ2v) is 5.11. The van der Waals surface area contributed by atoms with Gasteiger partial charge >= 0.3 is 0 Å². The Balaban J connectivity index is 1.68. The van der Waals surface area contributed by atoms with Crippen LogP contribution in [0.3, 0.4) is 0 Å². The first-order valence-electron chi connectivity index (χ1n) is 5.87. The Labute approximate surface area is 110 Å². The number of nitrogens with zero attached hydrogens (tertiary/aromatic N) is 2. The Morgan fingerprint density at radius 1 is 1.00 bits per heavy atom. The van der Waals surface area contributed by atoms with Crippen molar-refractivity contribution >= 4 is 11.8 Å². The van der Waals surface area contributed by atoms with Gasteiger partial charge in [0, 0.05) is 36.0 Å². The van der Waals surface area contributed by atoms with Crippen molar-refractivity contribution in [3.63, 3.8) is 0 Å². The van der Waals surface area contributed by atoms with Crippen molar-refractivity contribution in [2.75, 3.05) is 5.75 Å². The van der Waals surface area contributed by atoms with Gasteiger partial charge in [0.2, 0.25) is 0 Å². The van der Waals surface area contributed by atoms with Gasteiger partial charge in [-0.3, -0.25) is 9.55 Å². The number of hydrogen-bond acceptors (Lipinski definition) is 4. The van der Waals surface area contributed by atoms with Crippen LogP contribution in [0.5, 0.6) is 11.8 Å². The highest BCUT2D eigenvalue weighted by Crippen LogP contribution is 2.22. The molecular weight excluding hydrogens is 248 g/mol. The Kier molecular flexibility index (Phi) is 4.52. The molecule has 0 aliphatic carbocycles. The van der Waals surface area contributed by atoms with Gasteiger partial charge in [-0.15, -0.1) is 11.8 Å². The number of thioether (sulfide) groups is 1. The Hall–Kier alpha value is -1.62. The van der Waals surface area contributed by atoms with Crippen molar-refractivity contribution in [2.45, 2.75) is 24.3 Å². The van der Waals surface area contributed by atoms with Gasteiger partial charge in [-0.2, -0.15) is 0 Å². The molecule has 0 fully saturated rings. The van der Waals surface area contributed by atoms with Crippen LogP contribution >= 0.6 is 11.8 Å². The van der Waals surface area contributed by atoms with E-state index in [1.165, 1.54) is 21.6 Å². The smallest absolute Gasteiger partial charge is 0.193 e. The zero-order valence-corrected chi connectivity index (χ0v) is 10.8. The lowest BCUT2D eigenvalue weighted by atomic mass is 10.3. The third-order valence-electron chi connectivity index (χ3n) is 2.63. The molecule has 0 bridgehead atoms. The molecule has 96 valence electrons. The molecule has 0 aliphatic heterocycles. The summed E-state index contributed by atoms with van der Waals surface area (Å²) in [6.07, 6.45) is 5.54. The molecule has 0 radical (unpaired) electrons. The highest BCUT2D eigenvalue weighted by atomic mass is 32.2. The first kappa shape index (κ1) is 12.8. The molecule has 5 heteroatoms. The third-order valence-corrected chi connectivity index (χ3v) is 3.73. The molecule has 2 rings (SSSR count). The standard InChI is InChI=1S/C13H16N2O2S/c16-12-3-4-13(17)15(12)9-1-2-10-18-11-5-7-14-8-6-11/h3-8,16-17H,1-2,9-10H2. The van der Waals surface area contributed by atoms with Crippen LogP contribution in [0.4, 0.5) is 0 Å². The topological polar surface area (TPSA) is 58.3 Å². The van der Waals surface area contributed by atoms with Gasteiger partial charge in [-0.25, -0.2) is 0 Å². The van der Waals surface area contributed by atoms with Crippen LogP contribution in [0.2, 0.25) is 0 Å². The van der Waals surface area contributed by atoms with Gasteiger partial charge in [0.1, 0.15) is 0 Å². The normalized spacial score (nSPS) is 10.7. The van der Waals surface area contributed by atoms with Crippen LogP contribution in [0.1, 0.15) is 12.8 Å².